The Hall–Kier alpha value is -2.81. The van der Waals surface area contributed by atoms with Crippen LogP contribution in [0.3, 0.4) is 0 Å². The molecule has 3 aromatic rings. The zero-order valence-corrected chi connectivity index (χ0v) is 9.98. The van der Waals surface area contributed by atoms with Gasteiger partial charge in [0, 0.05) is 0 Å². The Kier molecular flexibility index (Phi) is 2.88. The number of nitrogens with two attached hydrogens (primary N) is 1. The third-order valence-corrected chi connectivity index (χ3v) is 2.64. The van der Waals surface area contributed by atoms with Crippen molar-refractivity contribution in [1.29, 1.82) is 0 Å². The smallest absolute Gasteiger partial charge is 0.241 e. The molecule has 2 aromatic heterocycles. The highest BCUT2D eigenvalue weighted by molar-refractivity contribution is 5.89. The standard InChI is InChI=1S/C11H9F2N7/c12-6-2-1-3-7(8(6)13)16-9-5-4-15-20-10(5)18-11(17-9)19-14/h1-4H,14H2,(H3,15,16,17,18,19,20). The van der Waals surface area contributed by atoms with E-state index in [0.717, 1.165) is 6.07 Å². The Morgan fingerprint density at radius 2 is 2.05 bits per heavy atom. The summed E-state index contributed by atoms with van der Waals surface area (Å²) < 4.78 is 26.8. The molecule has 0 bridgehead atoms. The second kappa shape index (κ2) is 4.70. The highest BCUT2D eigenvalue weighted by atomic mass is 19.2. The van der Waals surface area contributed by atoms with Gasteiger partial charge in [-0.15, -0.1) is 0 Å². The fourth-order valence-electron chi connectivity index (χ4n) is 1.72. The minimum Gasteiger partial charge on any atom is -0.337 e. The minimum atomic E-state index is -0.995. The number of aromatic nitrogens is 4. The maximum atomic E-state index is 13.7. The zero-order chi connectivity index (χ0) is 14.1. The molecule has 20 heavy (non-hydrogen) atoms. The molecule has 3 rings (SSSR count). The average molecular weight is 277 g/mol. The number of benzene rings is 1. The Bertz CT molecular complexity index is 771. The van der Waals surface area contributed by atoms with Gasteiger partial charge in [0.05, 0.1) is 17.3 Å². The van der Waals surface area contributed by atoms with Crippen LogP contribution >= 0.6 is 0 Å². The second-order valence-electron chi connectivity index (χ2n) is 3.90. The summed E-state index contributed by atoms with van der Waals surface area (Å²) in [5, 5.41) is 9.67. The molecule has 2 heterocycles. The first-order chi connectivity index (χ1) is 9.69. The van der Waals surface area contributed by atoms with Gasteiger partial charge in [0.15, 0.2) is 17.3 Å². The van der Waals surface area contributed by atoms with Crippen LogP contribution in [0, 0.1) is 11.6 Å². The molecule has 102 valence electrons. The fraction of sp³-hybridized carbons (Fsp3) is 0. The maximum Gasteiger partial charge on any atom is 0.241 e. The van der Waals surface area contributed by atoms with E-state index in [9.17, 15) is 8.78 Å². The number of anilines is 3. The number of hydrogen-bond donors (Lipinski definition) is 4. The molecule has 0 spiro atoms. The van der Waals surface area contributed by atoms with E-state index in [4.69, 9.17) is 5.84 Å². The third-order valence-electron chi connectivity index (χ3n) is 2.64. The summed E-state index contributed by atoms with van der Waals surface area (Å²) in [5.74, 6) is 3.67. The van der Waals surface area contributed by atoms with Gasteiger partial charge in [-0.3, -0.25) is 10.5 Å². The lowest BCUT2D eigenvalue weighted by molar-refractivity contribution is 0.512. The number of H-pyrrole nitrogens is 1. The summed E-state index contributed by atoms with van der Waals surface area (Å²) in [6, 6.07) is 3.80. The van der Waals surface area contributed by atoms with Gasteiger partial charge in [0.2, 0.25) is 5.95 Å². The highest BCUT2D eigenvalue weighted by Crippen LogP contribution is 2.25. The SMILES string of the molecule is NNc1nc(Nc2cccc(F)c2F)c2cn[nH]c2n1. The molecule has 0 aliphatic rings. The Morgan fingerprint density at radius 3 is 2.85 bits per heavy atom. The van der Waals surface area contributed by atoms with Crippen molar-refractivity contribution >= 4 is 28.5 Å². The lowest BCUT2D eigenvalue weighted by atomic mass is 10.3. The summed E-state index contributed by atoms with van der Waals surface area (Å²) in [6.07, 6.45) is 1.47. The quantitative estimate of drug-likeness (QED) is 0.428. The summed E-state index contributed by atoms with van der Waals surface area (Å²) >= 11 is 0. The maximum absolute atomic E-state index is 13.7. The summed E-state index contributed by atoms with van der Waals surface area (Å²) in [6.45, 7) is 0. The number of aromatic amines is 1. The van der Waals surface area contributed by atoms with Gasteiger partial charge in [-0.1, -0.05) is 6.07 Å². The predicted molar refractivity (Wildman–Crippen MR) is 69.1 cm³/mol. The van der Waals surface area contributed by atoms with Gasteiger partial charge in [-0.05, 0) is 12.1 Å². The van der Waals surface area contributed by atoms with Gasteiger partial charge in [-0.25, -0.2) is 14.6 Å². The van der Waals surface area contributed by atoms with E-state index in [1.807, 2.05) is 0 Å². The number of hydrazine groups is 1. The molecule has 1 aromatic carbocycles. The molecule has 0 saturated carbocycles. The largest absolute Gasteiger partial charge is 0.337 e. The molecule has 7 nitrogen and oxygen atoms in total. The van der Waals surface area contributed by atoms with Crippen molar-refractivity contribution in [2.75, 3.05) is 10.7 Å². The first-order valence-electron chi connectivity index (χ1n) is 5.58. The Morgan fingerprint density at radius 1 is 1.20 bits per heavy atom. The Labute approximate surface area is 111 Å². The predicted octanol–water partition coefficient (Wildman–Crippen LogP) is 1.66. The van der Waals surface area contributed by atoms with Gasteiger partial charge in [0.1, 0.15) is 5.82 Å². The van der Waals surface area contributed by atoms with Crippen LogP contribution in [0.2, 0.25) is 0 Å². The molecule has 0 aliphatic heterocycles. The summed E-state index contributed by atoms with van der Waals surface area (Å²) in [7, 11) is 0. The van der Waals surface area contributed by atoms with Crippen LogP contribution in [0.4, 0.5) is 26.2 Å². The second-order valence-corrected chi connectivity index (χ2v) is 3.90. The molecule has 0 amide bonds. The molecule has 0 radical (unpaired) electrons. The van der Waals surface area contributed by atoms with Crippen molar-refractivity contribution in [2.24, 2.45) is 5.84 Å². The van der Waals surface area contributed by atoms with Crippen molar-refractivity contribution in [1.82, 2.24) is 20.2 Å². The molecule has 5 N–H and O–H groups in total. The van der Waals surface area contributed by atoms with Crippen molar-refractivity contribution in [2.45, 2.75) is 0 Å². The topological polar surface area (TPSA) is 105 Å². The minimum absolute atomic E-state index is 0.0471. The first-order valence-corrected chi connectivity index (χ1v) is 5.58. The monoisotopic (exact) mass is 277 g/mol. The number of fused-ring (bicyclic) bond motifs is 1. The molecule has 0 fully saturated rings. The number of hydrogen-bond acceptors (Lipinski definition) is 6. The molecule has 0 saturated heterocycles. The average Bonchev–Trinajstić information content (AvgIpc) is 2.92. The molecule has 0 aliphatic carbocycles. The van der Waals surface area contributed by atoms with E-state index in [0.29, 0.717) is 11.0 Å². The van der Waals surface area contributed by atoms with E-state index >= 15 is 0 Å². The lowest BCUT2D eigenvalue weighted by Gasteiger charge is -2.09. The van der Waals surface area contributed by atoms with E-state index < -0.39 is 11.6 Å². The number of nitrogens with zero attached hydrogens (tertiary/aromatic N) is 3. The fourth-order valence-corrected chi connectivity index (χ4v) is 1.72. The number of rotatable bonds is 3. The Balaban J connectivity index is 2.10. The van der Waals surface area contributed by atoms with Crippen molar-refractivity contribution in [3.8, 4) is 0 Å². The van der Waals surface area contributed by atoms with Gasteiger partial charge < -0.3 is 5.32 Å². The summed E-state index contributed by atoms with van der Waals surface area (Å²) in [4.78, 5) is 8.07. The number of halogens is 2. The molecule has 9 heteroatoms. The van der Waals surface area contributed by atoms with Crippen LogP contribution in [0.5, 0.6) is 0 Å². The van der Waals surface area contributed by atoms with Crippen molar-refractivity contribution in [3.05, 3.63) is 36.0 Å². The van der Waals surface area contributed by atoms with Crippen molar-refractivity contribution in [3.63, 3.8) is 0 Å². The van der Waals surface area contributed by atoms with Gasteiger partial charge in [0.25, 0.3) is 0 Å². The van der Waals surface area contributed by atoms with E-state index in [-0.39, 0.29) is 17.5 Å². The molecular weight excluding hydrogens is 268 g/mol. The number of nitrogens with one attached hydrogen (secondary N) is 3. The lowest BCUT2D eigenvalue weighted by Crippen LogP contribution is -2.11. The van der Waals surface area contributed by atoms with Crippen LogP contribution in [0.15, 0.2) is 24.4 Å². The summed E-state index contributed by atoms with van der Waals surface area (Å²) in [5.41, 5.74) is 2.65. The van der Waals surface area contributed by atoms with Crippen LogP contribution in [0.1, 0.15) is 0 Å². The molecule has 0 atom stereocenters. The van der Waals surface area contributed by atoms with Crippen molar-refractivity contribution < 1.29 is 8.78 Å². The highest BCUT2D eigenvalue weighted by Gasteiger charge is 2.13. The normalized spacial score (nSPS) is 10.8. The van der Waals surface area contributed by atoms with Gasteiger partial charge >= 0.3 is 0 Å². The van der Waals surface area contributed by atoms with E-state index in [1.54, 1.807) is 0 Å². The molecule has 0 unspecified atom stereocenters. The van der Waals surface area contributed by atoms with Crippen LogP contribution in [-0.4, -0.2) is 20.2 Å². The third kappa shape index (κ3) is 1.99. The van der Waals surface area contributed by atoms with Gasteiger partial charge in [-0.2, -0.15) is 15.1 Å². The van der Waals surface area contributed by atoms with Crippen LogP contribution < -0.4 is 16.6 Å². The first kappa shape index (κ1) is 12.2. The molecular formula is C11H9F2N7. The zero-order valence-electron chi connectivity index (χ0n) is 9.98. The van der Waals surface area contributed by atoms with Crippen LogP contribution in [0.25, 0.3) is 11.0 Å². The number of nitrogen functional groups attached to an aromatic ring is 1. The van der Waals surface area contributed by atoms with E-state index in [1.165, 1.54) is 18.3 Å². The van der Waals surface area contributed by atoms with Crippen LogP contribution in [-0.2, 0) is 0 Å². The van der Waals surface area contributed by atoms with E-state index in [2.05, 4.69) is 30.9 Å².